The lowest BCUT2D eigenvalue weighted by Crippen LogP contribution is -1.94. The highest BCUT2D eigenvalue weighted by atomic mass is 14.9. The molecular weight excluding hydrogens is 244 g/mol. The van der Waals surface area contributed by atoms with Crippen LogP contribution in [0.15, 0.2) is 60.7 Å². The third-order valence-corrected chi connectivity index (χ3v) is 3.18. The Hall–Kier alpha value is -2.48. The fourth-order valence-electron chi connectivity index (χ4n) is 2.17. The zero-order valence-corrected chi connectivity index (χ0v) is 11.5. The van der Waals surface area contributed by atoms with Gasteiger partial charge in [0, 0.05) is 10.9 Å². The first-order valence-corrected chi connectivity index (χ1v) is 6.87. The van der Waals surface area contributed by atoms with Gasteiger partial charge >= 0.3 is 0 Å². The number of fused-ring (bicyclic) bond motifs is 1. The summed E-state index contributed by atoms with van der Waals surface area (Å²) in [5.41, 5.74) is 3.01. The van der Waals surface area contributed by atoms with Crippen molar-refractivity contribution in [1.82, 2.24) is 9.97 Å². The third-order valence-electron chi connectivity index (χ3n) is 3.18. The Balaban J connectivity index is 2.22. The fourth-order valence-corrected chi connectivity index (χ4v) is 2.17. The Bertz CT molecular complexity index is 746. The van der Waals surface area contributed by atoms with Gasteiger partial charge in [0.05, 0.1) is 11.2 Å². The number of rotatable bonds is 3. The van der Waals surface area contributed by atoms with E-state index in [4.69, 9.17) is 4.98 Å². The lowest BCUT2D eigenvalue weighted by Gasteiger charge is -2.06. The van der Waals surface area contributed by atoms with Crippen LogP contribution in [-0.2, 0) is 0 Å². The second-order valence-electron chi connectivity index (χ2n) is 4.63. The Morgan fingerprint density at radius 1 is 0.900 bits per heavy atom. The molecule has 0 aliphatic heterocycles. The molecule has 0 saturated heterocycles. The van der Waals surface area contributed by atoms with Crippen molar-refractivity contribution < 1.29 is 0 Å². The van der Waals surface area contributed by atoms with Crippen LogP contribution in [0, 0.1) is 0 Å². The smallest absolute Gasteiger partial charge is 0.160 e. The predicted octanol–water partition coefficient (Wildman–Crippen LogP) is 4.72. The van der Waals surface area contributed by atoms with Gasteiger partial charge in [0.1, 0.15) is 0 Å². The van der Waals surface area contributed by atoms with Gasteiger partial charge in [-0.1, -0.05) is 61.5 Å². The Kier molecular flexibility index (Phi) is 3.55. The summed E-state index contributed by atoms with van der Waals surface area (Å²) in [6.45, 7) is 2.12. The topological polar surface area (TPSA) is 25.8 Å². The highest BCUT2D eigenvalue weighted by molar-refractivity contribution is 5.87. The van der Waals surface area contributed by atoms with E-state index in [1.807, 2.05) is 48.5 Å². The van der Waals surface area contributed by atoms with Crippen molar-refractivity contribution in [2.75, 3.05) is 0 Å². The molecule has 0 saturated carbocycles. The van der Waals surface area contributed by atoms with E-state index in [9.17, 15) is 0 Å². The normalized spacial score (nSPS) is 11.2. The van der Waals surface area contributed by atoms with Gasteiger partial charge in [-0.3, -0.25) is 0 Å². The molecule has 0 fully saturated rings. The Labute approximate surface area is 118 Å². The Morgan fingerprint density at radius 2 is 1.65 bits per heavy atom. The first kappa shape index (κ1) is 12.5. The van der Waals surface area contributed by atoms with Crippen LogP contribution in [0.5, 0.6) is 0 Å². The van der Waals surface area contributed by atoms with Crippen molar-refractivity contribution in [3.63, 3.8) is 0 Å². The highest BCUT2D eigenvalue weighted by Crippen LogP contribution is 2.22. The molecule has 3 aromatic rings. The summed E-state index contributed by atoms with van der Waals surface area (Å²) in [7, 11) is 0. The number of hydrogen-bond donors (Lipinski definition) is 0. The molecule has 0 spiro atoms. The minimum atomic E-state index is 0.778. The van der Waals surface area contributed by atoms with Crippen molar-refractivity contribution in [3.8, 4) is 11.4 Å². The van der Waals surface area contributed by atoms with Crippen LogP contribution in [-0.4, -0.2) is 9.97 Å². The molecule has 0 N–H and O–H groups in total. The van der Waals surface area contributed by atoms with Gasteiger partial charge in [-0.25, -0.2) is 9.97 Å². The summed E-state index contributed by atoms with van der Waals surface area (Å²) >= 11 is 0. The molecule has 0 atom stereocenters. The molecule has 3 rings (SSSR count). The van der Waals surface area contributed by atoms with Crippen LogP contribution in [0.1, 0.15) is 19.0 Å². The number of hydrogen-bond acceptors (Lipinski definition) is 2. The summed E-state index contributed by atoms with van der Waals surface area (Å²) in [5.74, 6) is 0.778. The number of para-hydroxylation sites is 1. The molecule has 1 heterocycles. The number of allylic oxidation sites excluding steroid dienone is 1. The highest BCUT2D eigenvalue weighted by Gasteiger charge is 2.06. The van der Waals surface area contributed by atoms with Gasteiger partial charge in [0.2, 0.25) is 0 Å². The first-order valence-electron chi connectivity index (χ1n) is 6.87. The molecule has 1 aromatic heterocycles. The van der Waals surface area contributed by atoms with Gasteiger partial charge < -0.3 is 0 Å². The Morgan fingerprint density at radius 3 is 2.45 bits per heavy atom. The predicted molar refractivity (Wildman–Crippen MR) is 84.3 cm³/mol. The van der Waals surface area contributed by atoms with Crippen LogP contribution in [0.3, 0.4) is 0 Å². The molecular formula is C18H16N2. The third kappa shape index (κ3) is 2.45. The summed E-state index contributed by atoms with van der Waals surface area (Å²) in [6.07, 6.45) is 5.21. The fraction of sp³-hybridized carbons (Fsp3) is 0.111. The van der Waals surface area contributed by atoms with Gasteiger partial charge in [-0.2, -0.15) is 0 Å². The van der Waals surface area contributed by atoms with Gasteiger partial charge in [-0.05, 0) is 18.6 Å². The van der Waals surface area contributed by atoms with Crippen molar-refractivity contribution >= 4 is 17.0 Å². The van der Waals surface area contributed by atoms with E-state index in [2.05, 4.69) is 30.1 Å². The van der Waals surface area contributed by atoms with E-state index >= 15 is 0 Å². The summed E-state index contributed by atoms with van der Waals surface area (Å²) in [5, 5.41) is 1.09. The molecule has 2 heteroatoms. The van der Waals surface area contributed by atoms with Crippen LogP contribution in [0.4, 0.5) is 0 Å². The lowest BCUT2D eigenvalue weighted by atomic mass is 10.1. The van der Waals surface area contributed by atoms with E-state index in [1.54, 1.807) is 0 Å². The van der Waals surface area contributed by atoms with E-state index in [0.29, 0.717) is 0 Å². The average Bonchev–Trinajstić information content (AvgIpc) is 2.53. The second kappa shape index (κ2) is 5.66. The molecule has 0 bridgehead atoms. The molecule has 20 heavy (non-hydrogen) atoms. The summed E-state index contributed by atoms with van der Waals surface area (Å²) in [4.78, 5) is 9.38. The van der Waals surface area contributed by atoms with Crippen LogP contribution in [0.25, 0.3) is 28.4 Å². The molecule has 0 amide bonds. The molecule has 98 valence electrons. The largest absolute Gasteiger partial charge is 0.228 e. The quantitative estimate of drug-likeness (QED) is 0.681. The SMILES string of the molecule is CC/C=C\c1nc(-c2ccccc2)nc2ccccc12. The minimum absolute atomic E-state index is 0.778. The summed E-state index contributed by atoms with van der Waals surface area (Å²) < 4.78 is 0. The van der Waals surface area contributed by atoms with Gasteiger partial charge in [0.15, 0.2) is 5.82 Å². The van der Waals surface area contributed by atoms with Crippen LogP contribution >= 0.6 is 0 Å². The average molecular weight is 260 g/mol. The van der Waals surface area contributed by atoms with Crippen molar-refractivity contribution in [3.05, 3.63) is 66.4 Å². The molecule has 2 nitrogen and oxygen atoms in total. The summed E-state index contributed by atoms with van der Waals surface area (Å²) in [6, 6.07) is 18.2. The standard InChI is InChI=1S/C18H16N2/c1-2-3-12-16-15-11-7-8-13-17(15)20-18(19-16)14-9-5-4-6-10-14/h3-13H,2H2,1H3/b12-3-. The number of aromatic nitrogens is 2. The van der Waals surface area contributed by atoms with Crippen molar-refractivity contribution in [2.45, 2.75) is 13.3 Å². The van der Waals surface area contributed by atoms with Gasteiger partial charge in [-0.15, -0.1) is 0 Å². The lowest BCUT2D eigenvalue weighted by molar-refractivity contribution is 1.20. The van der Waals surface area contributed by atoms with E-state index in [0.717, 1.165) is 34.4 Å². The maximum absolute atomic E-state index is 4.71. The maximum atomic E-state index is 4.71. The van der Waals surface area contributed by atoms with Crippen molar-refractivity contribution in [1.29, 1.82) is 0 Å². The molecule has 2 aromatic carbocycles. The zero-order chi connectivity index (χ0) is 13.8. The monoisotopic (exact) mass is 260 g/mol. The van der Waals surface area contributed by atoms with Gasteiger partial charge in [0.25, 0.3) is 0 Å². The van der Waals surface area contributed by atoms with Crippen LogP contribution < -0.4 is 0 Å². The van der Waals surface area contributed by atoms with Crippen LogP contribution in [0.2, 0.25) is 0 Å². The van der Waals surface area contributed by atoms with E-state index < -0.39 is 0 Å². The second-order valence-corrected chi connectivity index (χ2v) is 4.63. The molecule has 0 unspecified atom stereocenters. The maximum Gasteiger partial charge on any atom is 0.160 e. The molecule has 0 aliphatic rings. The molecule has 0 aliphatic carbocycles. The van der Waals surface area contributed by atoms with E-state index in [1.165, 1.54) is 0 Å². The minimum Gasteiger partial charge on any atom is -0.228 e. The number of benzene rings is 2. The zero-order valence-electron chi connectivity index (χ0n) is 11.5. The first-order chi connectivity index (χ1) is 9.88. The molecule has 0 radical (unpaired) electrons. The van der Waals surface area contributed by atoms with Crippen molar-refractivity contribution in [2.24, 2.45) is 0 Å². The van der Waals surface area contributed by atoms with E-state index in [-0.39, 0.29) is 0 Å². The number of nitrogens with zero attached hydrogens (tertiary/aromatic N) is 2.